The Labute approximate surface area is 208 Å². The van der Waals surface area contributed by atoms with Gasteiger partial charge in [0.2, 0.25) is 0 Å². The number of hydrogen-bond donors (Lipinski definition) is 1. The number of nitrogens with zero attached hydrogens (tertiary/aromatic N) is 1. The number of anilines is 1. The molecule has 0 spiro atoms. The molecule has 0 saturated heterocycles. The zero-order chi connectivity index (χ0) is 25.4. The monoisotopic (exact) mass is 508 g/mol. The van der Waals surface area contributed by atoms with E-state index >= 15 is 0 Å². The molecule has 1 aliphatic carbocycles. The van der Waals surface area contributed by atoms with Crippen LogP contribution in [0.1, 0.15) is 37.3 Å². The SMILES string of the molecule is CCCN(CCOc1ccc(NC(=O)C#Cc2ccc(C(F)(F)F)cc2Cl)cc1OC)CC1CC1. The fraction of sp³-hybridized carbons (Fsp3) is 0.423. The fourth-order valence-electron chi connectivity index (χ4n) is 3.50. The number of carbonyl (C=O) groups excluding carboxylic acids is 1. The first-order valence-corrected chi connectivity index (χ1v) is 11.8. The second-order valence-corrected chi connectivity index (χ2v) is 8.76. The molecule has 35 heavy (non-hydrogen) atoms. The van der Waals surface area contributed by atoms with E-state index < -0.39 is 17.6 Å². The molecule has 0 bridgehead atoms. The zero-order valence-electron chi connectivity index (χ0n) is 19.7. The number of rotatable bonds is 10. The van der Waals surface area contributed by atoms with Crippen LogP contribution in [0.2, 0.25) is 5.02 Å². The van der Waals surface area contributed by atoms with Gasteiger partial charge in [0.15, 0.2) is 11.5 Å². The highest BCUT2D eigenvalue weighted by molar-refractivity contribution is 6.31. The number of methoxy groups -OCH3 is 1. The predicted octanol–water partition coefficient (Wildman–Crippen LogP) is 5.86. The van der Waals surface area contributed by atoms with Crippen LogP contribution in [-0.2, 0) is 11.0 Å². The Morgan fingerprint density at radius 1 is 1.17 bits per heavy atom. The number of alkyl halides is 3. The Hall–Kier alpha value is -2.89. The maximum atomic E-state index is 12.7. The molecule has 0 aliphatic heterocycles. The minimum atomic E-state index is -4.51. The molecule has 1 amide bonds. The molecule has 2 aromatic carbocycles. The summed E-state index contributed by atoms with van der Waals surface area (Å²) in [6.45, 7) is 5.67. The quantitative estimate of drug-likeness (QED) is 0.408. The predicted molar refractivity (Wildman–Crippen MR) is 130 cm³/mol. The second kappa shape index (κ2) is 12.2. The van der Waals surface area contributed by atoms with Gasteiger partial charge in [0, 0.05) is 36.3 Å². The van der Waals surface area contributed by atoms with Gasteiger partial charge in [-0.1, -0.05) is 24.4 Å². The Balaban J connectivity index is 1.57. The summed E-state index contributed by atoms with van der Waals surface area (Å²) in [6, 6.07) is 7.77. The van der Waals surface area contributed by atoms with E-state index in [2.05, 4.69) is 29.0 Å². The lowest BCUT2D eigenvalue weighted by atomic mass is 10.1. The van der Waals surface area contributed by atoms with Crippen molar-refractivity contribution in [1.82, 2.24) is 4.90 Å². The van der Waals surface area contributed by atoms with Crippen LogP contribution in [0.15, 0.2) is 36.4 Å². The lowest BCUT2D eigenvalue weighted by Gasteiger charge is -2.22. The molecule has 3 rings (SSSR count). The summed E-state index contributed by atoms with van der Waals surface area (Å²) >= 11 is 5.87. The molecule has 1 N–H and O–H groups in total. The number of hydrogen-bond acceptors (Lipinski definition) is 4. The molecule has 1 saturated carbocycles. The van der Waals surface area contributed by atoms with Crippen molar-refractivity contribution in [2.45, 2.75) is 32.4 Å². The van der Waals surface area contributed by atoms with Gasteiger partial charge in [-0.3, -0.25) is 9.69 Å². The molecule has 1 fully saturated rings. The van der Waals surface area contributed by atoms with E-state index in [1.54, 1.807) is 18.2 Å². The minimum Gasteiger partial charge on any atom is -0.493 e. The Bertz CT molecular complexity index is 1090. The molecule has 9 heteroatoms. The first-order chi connectivity index (χ1) is 16.7. The smallest absolute Gasteiger partial charge is 0.416 e. The maximum absolute atomic E-state index is 12.7. The number of benzene rings is 2. The molecule has 0 radical (unpaired) electrons. The van der Waals surface area contributed by atoms with Crippen LogP contribution in [-0.4, -0.2) is 44.2 Å². The van der Waals surface area contributed by atoms with Gasteiger partial charge in [-0.2, -0.15) is 13.2 Å². The third kappa shape index (κ3) is 8.37. The highest BCUT2D eigenvalue weighted by Gasteiger charge is 2.30. The average molecular weight is 509 g/mol. The summed E-state index contributed by atoms with van der Waals surface area (Å²) in [5, 5.41) is 2.43. The van der Waals surface area contributed by atoms with Crippen molar-refractivity contribution >= 4 is 23.2 Å². The van der Waals surface area contributed by atoms with Crippen LogP contribution < -0.4 is 14.8 Å². The second-order valence-electron chi connectivity index (χ2n) is 8.35. The van der Waals surface area contributed by atoms with Crippen molar-refractivity contribution in [3.05, 3.63) is 52.5 Å². The Morgan fingerprint density at radius 2 is 1.94 bits per heavy atom. The van der Waals surface area contributed by atoms with E-state index in [9.17, 15) is 18.0 Å². The highest BCUT2D eigenvalue weighted by Crippen LogP contribution is 2.33. The normalized spacial score (nSPS) is 13.2. The summed E-state index contributed by atoms with van der Waals surface area (Å²) in [6.07, 6.45) is -0.792. The summed E-state index contributed by atoms with van der Waals surface area (Å²) in [7, 11) is 1.51. The van der Waals surface area contributed by atoms with Crippen molar-refractivity contribution in [3.63, 3.8) is 0 Å². The van der Waals surface area contributed by atoms with E-state index in [-0.39, 0.29) is 10.6 Å². The van der Waals surface area contributed by atoms with Crippen LogP contribution in [0.4, 0.5) is 18.9 Å². The average Bonchev–Trinajstić information content (AvgIpc) is 3.62. The first-order valence-electron chi connectivity index (χ1n) is 11.4. The Kier molecular flexibility index (Phi) is 9.30. The molecule has 0 heterocycles. The number of ether oxygens (including phenoxy) is 2. The topological polar surface area (TPSA) is 50.8 Å². The van der Waals surface area contributed by atoms with Gasteiger partial charge in [-0.25, -0.2) is 0 Å². The third-order valence-electron chi connectivity index (χ3n) is 5.45. The molecule has 2 aromatic rings. The lowest BCUT2D eigenvalue weighted by molar-refractivity contribution is -0.137. The van der Waals surface area contributed by atoms with Crippen molar-refractivity contribution in [2.24, 2.45) is 5.92 Å². The molecule has 0 atom stereocenters. The Morgan fingerprint density at radius 3 is 2.57 bits per heavy atom. The maximum Gasteiger partial charge on any atom is 0.416 e. The number of halogens is 4. The van der Waals surface area contributed by atoms with E-state index in [1.807, 2.05) is 0 Å². The van der Waals surface area contributed by atoms with E-state index in [1.165, 1.54) is 20.0 Å². The van der Waals surface area contributed by atoms with Gasteiger partial charge in [-0.05, 0) is 62.1 Å². The van der Waals surface area contributed by atoms with E-state index in [0.29, 0.717) is 23.8 Å². The standard InChI is InChI=1S/C26H28ClF3N2O3/c1-3-12-32(17-18-4-5-18)13-14-35-23-10-9-21(16-24(23)34-2)31-25(33)11-7-19-6-8-20(15-22(19)27)26(28,29)30/h6,8-10,15-16,18H,3-5,12-14,17H2,1-2H3,(H,31,33). The van der Waals surface area contributed by atoms with Crippen molar-refractivity contribution in [2.75, 3.05) is 38.7 Å². The molecular weight excluding hydrogens is 481 g/mol. The van der Waals surface area contributed by atoms with Crippen molar-refractivity contribution in [1.29, 1.82) is 0 Å². The van der Waals surface area contributed by atoms with Crippen molar-refractivity contribution < 1.29 is 27.4 Å². The summed E-state index contributed by atoms with van der Waals surface area (Å²) in [5.74, 6) is 6.03. The van der Waals surface area contributed by atoms with E-state index in [4.69, 9.17) is 21.1 Å². The molecule has 5 nitrogen and oxygen atoms in total. The van der Waals surface area contributed by atoms with Gasteiger partial charge < -0.3 is 14.8 Å². The number of amides is 1. The van der Waals surface area contributed by atoms with Crippen LogP contribution >= 0.6 is 11.6 Å². The number of nitrogens with one attached hydrogen (secondary N) is 1. The van der Waals surface area contributed by atoms with Crippen LogP contribution in [0.5, 0.6) is 11.5 Å². The lowest BCUT2D eigenvalue weighted by Crippen LogP contribution is -2.31. The van der Waals surface area contributed by atoms with Crippen molar-refractivity contribution in [3.8, 4) is 23.3 Å². The van der Waals surface area contributed by atoms with Crippen LogP contribution in [0.3, 0.4) is 0 Å². The van der Waals surface area contributed by atoms with Gasteiger partial charge in [-0.15, -0.1) is 0 Å². The zero-order valence-corrected chi connectivity index (χ0v) is 20.4. The summed E-state index contributed by atoms with van der Waals surface area (Å²) in [4.78, 5) is 14.6. The number of carbonyl (C=O) groups is 1. The molecule has 188 valence electrons. The van der Waals surface area contributed by atoms with E-state index in [0.717, 1.165) is 50.2 Å². The third-order valence-corrected chi connectivity index (χ3v) is 5.76. The minimum absolute atomic E-state index is 0.120. The van der Waals surface area contributed by atoms with Gasteiger partial charge in [0.25, 0.3) is 0 Å². The summed E-state index contributed by atoms with van der Waals surface area (Å²) < 4.78 is 49.6. The van der Waals surface area contributed by atoms with Gasteiger partial charge >= 0.3 is 12.1 Å². The van der Waals surface area contributed by atoms with Gasteiger partial charge in [0.05, 0.1) is 17.7 Å². The molecule has 1 aliphatic rings. The molecular formula is C26H28ClF3N2O3. The fourth-order valence-corrected chi connectivity index (χ4v) is 3.73. The van der Waals surface area contributed by atoms with Crippen LogP contribution in [0.25, 0.3) is 0 Å². The largest absolute Gasteiger partial charge is 0.493 e. The summed E-state index contributed by atoms with van der Waals surface area (Å²) in [5.41, 5.74) is -0.323. The molecule has 0 unspecified atom stereocenters. The van der Waals surface area contributed by atoms with Crippen LogP contribution in [0, 0.1) is 17.8 Å². The molecule has 0 aromatic heterocycles. The van der Waals surface area contributed by atoms with Gasteiger partial charge in [0.1, 0.15) is 6.61 Å². The highest BCUT2D eigenvalue weighted by atomic mass is 35.5. The first kappa shape index (κ1) is 26.7.